The first-order valence-electron chi connectivity index (χ1n) is 6.43. The van der Waals surface area contributed by atoms with Crippen LogP contribution in [-0.2, 0) is 11.3 Å². The summed E-state index contributed by atoms with van der Waals surface area (Å²) in [5.41, 5.74) is 0.904. The van der Waals surface area contributed by atoms with Crippen LogP contribution < -0.4 is 0 Å². The van der Waals surface area contributed by atoms with E-state index >= 15 is 0 Å². The maximum atomic E-state index is 12.6. The number of aliphatic hydroxyl groups excluding tert-OH is 1. The molecule has 1 rings (SSSR count). The SMILES string of the molecule is CCCCCC(O)/C=C/OCc1ccc(F)cc1. The molecule has 0 saturated carbocycles. The lowest BCUT2D eigenvalue weighted by Gasteiger charge is -2.05. The van der Waals surface area contributed by atoms with Crippen LogP contribution in [0, 0.1) is 5.82 Å². The number of benzene rings is 1. The van der Waals surface area contributed by atoms with Crippen molar-refractivity contribution in [1.82, 2.24) is 0 Å². The van der Waals surface area contributed by atoms with E-state index in [-0.39, 0.29) is 5.82 Å². The Hall–Kier alpha value is -1.35. The van der Waals surface area contributed by atoms with Gasteiger partial charge < -0.3 is 9.84 Å². The molecule has 0 aliphatic carbocycles. The molecule has 0 spiro atoms. The van der Waals surface area contributed by atoms with Crippen molar-refractivity contribution in [2.24, 2.45) is 0 Å². The number of rotatable bonds is 8. The minimum absolute atomic E-state index is 0.249. The first kappa shape index (κ1) is 14.7. The fourth-order valence-corrected chi connectivity index (χ4v) is 1.57. The van der Waals surface area contributed by atoms with Gasteiger partial charge >= 0.3 is 0 Å². The van der Waals surface area contributed by atoms with Crippen LogP contribution in [0.2, 0.25) is 0 Å². The highest BCUT2D eigenvalue weighted by Gasteiger charge is 1.98. The van der Waals surface area contributed by atoms with Crippen LogP contribution >= 0.6 is 0 Å². The second-order valence-corrected chi connectivity index (χ2v) is 4.33. The summed E-state index contributed by atoms with van der Waals surface area (Å²) >= 11 is 0. The number of unbranched alkanes of at least 4 members (excludes halogenated alkanes) is 2. The molecular formula is C15H21FO2. The molecule has 1 aromatic carbocycles. The van der Waals surface area contributed by atoms with Gasteiger partial charge in [0, 0.05) is 0 Å². The van der Waals surface area contributed by atoms with Gasteiger partial charge in [0.1, 0.15) is 12.4 Å². The molecule has 0 radical (unpaired) electrons. The largest absolute Gasteiger partial charge is 0.497 e. The maximum Gasteiger partial charge on any atom is 0.123 e. The van der Waals surface area contributed by atoms with Crippen molar-refractivity contribution in [3.8, 4) is 0 Å². The average Bonchev–Trinajstić information content (AvgIpc) is 2.37. The first-order chi connectivity index (χ1) is 8.72. The Morgan fingerprint density at radius 1 is 1.28 bits per heavy atom. The van der Waals surface area contributed by atoms with Crippen molar-refractivity contribution in [2.45, 2.75) is 45.3 Å². The molecule has 1 aromatic rings. The average molecular weight is 252 g/mol. The van der Waals surface area contributed by atoms with Crippen molar-refractivity contribution in [3.63, 3.8) is 0 Å². The van der Waals surface area contributed by atoms with Gasteiger partial charge in [-0.1, -0.05) is 38.3 Å². The lowest BCUT2D eigenvalue weighted by Crippen LogP contribution is -2.01. The Bertz CT molecular complexity index is 346. The van der Waals surface area contributed by atoms with Crippen molar-refractivity contribution < 1.29 is 14.2 Å². The van der Waals surface area contributed by atoms with Crippen molar-refractivity contribution >= 4 is 0 Å². The summed E-state index contributed by atoms with van der Waals surface area (Å²) in [6, 6.07) is 6.17. The highest BCUT2D eigenvalue weighted by molar-refractivity contribution is 5.15. The molecule has 1 N–H and O–H groups in total. The number of halogens is 1. The van der Waals surface area contributed by atoms with Gasteiger partial charge in [0.2, 0.25) is 0 Å². The van der Waals surface area contributed by atoms with E-state index in [0.29, 0.717) is 6.61 Å². The fraction of sp³-hybridized carbons (Fsp3) is 0.467. The summed E-state index contributed by atoms with van der Waals surface area (Å²) in [5, 5.41) is 9.59. The molecule has 0 saturated heterocycles. The van der Waals surface area contributed by atoms with Gasteiger partial charge in [-0.2, -0.15) is 0 Å². The topological polar surface area (TPSA) is 29.5 Å². The monoisotopic (exact) mass is 252 g/mol. The molecule has 2 nitrogen and oxygen atoms in total. The van der Waals surface area contributed by atoms with Crippen LogP contribution in [0.5, 0.6) is 0 Å². The van der Waals surface area contributed by atoms with Crippen LogP contribution in [-0.4, -0.2) is 11.2 Å². The molecule has 1 atom stereocenters. The Morgan fingerprint density at radius 3 is 2.67 bits per heavy atom. The lowest BCUT2D eigenvalue weighted by atomic mass is 10.1. The predicted molar refractivity (Wildman–Crippen MR) is 70.5 cm³/mol. The molecule has 0 fully saturated rings. The van der Waals surface area contributed by atoms with Gasteiger partial charge in [0.25, 0.3) is 0 Å². The first-order valence-corrected chi connectivity index (χ1v) is 6.43. The van der Waals surface area contributed by atoms with E-state index in [2.05, 4.69) is 6.92 Å². The van der Waals surface area contributed by atoms with E-state index in [4.69, 9.17) is 4.74 Å². The normalized spacial score (nSPS) is 12.8. The van der Waals surface area contributed by atoms with Gasteiger partial charge in [-0.15, -0.1) is 0 Å². The van der Waals surface area contributed by atoms with Crippen LogP contribution in [0.3, 0.4) is 0 Å². The minimum Gasteiger partial charge on any atom is -0.497 e. The molecule has 1 unspecified atom stereocenters. The smallest absolute Gasteiger partial charge is 0.123 e. The van der Waals surface area contributed by atoms with E-state index in [9.17, 15) is 9.50 Å². The van der Waals surface area contributed by atoms with E-state index in [1.54, 1.807) is 18.2 Å². The van der Waals surface area contributed by atoms with Gasteiger partial charge in [-0.25, -0.2) is 4.39 Å². The third-order valence-electron chi connectivity index (χ3n) is 2.66. The predicted octanol–water partition coefficient (Wildman–Crippen LogP) is 3.80. The van der Waals surface area contributed by atoms with E-state index in [1.165, 1.54) is 18.4 Å². The minimum atomic E-state index is -0.440. The molecule has 0 aromatic heterocycles. The molecule has 18 heavy (non-hydrogen) atoms. The van der Waals surface area contributed by atoms with Crippen LogP contribution in [0.15, 0.2) is 36.6 Å². The Balaban J connectivity index is 2.18. The Kier molecular flexibility index (Phi) is 7.11. The summed E-state index contributed by atoms with van der Waals surface area (Å²) in [6.07, 6.45) is 6.81. The summed E-state index contributed by atoms with van der Waals surface area (Å²) in [4.78, 5) is 0. The number of aliphatic hydroxyl groups is 1. The van der Waals surface area contributed by atoms with Crippen molar-refractivity contribution in [2.75, 3.05) is 0 Å². The highest BCUT2D eigenvalue weighted by atomic mass is 19.1. The zero-order chi connectivity index (χ0) is 13.2. The molecule has 0 aliphatic rings. The van der Waals surface area contributed by atoms with Gasteiger partial charge in [-0.05, 0) is 30.2 Å². The number of hydrogen-bond acceptors (Lipinski definition) is 2. The second-order valence-electron chi connectivity index (χ2n) is 4.33. The molecule has 3 heteroatoms. The van der Waals surface area contributed by atoms with Crippen LogP contribution in [0.1, 0.15) is 38.2 Å². The zero-order valence-corrected chi connectivity index (χ0v) is 10.8. The molecular weight excluding hydrogens is 231 g/mol. The third kappa shape index (κ3) is 6.40. The maximum absolute atomic E-state index is 12.6. The quantitative estimate of drug-likeness (QED) is 0.563. The third-order valence-corrected chi connectivity index (χ3v) is 2.66. The van der Waals surface area contributed by atoms with Crippen LogP contribution in [0.4, 0.5) is 4.39 Å². The zero-order valence-electron chi connectivity index (χ0n) is 10.8. The highest BCUT2D eigenvalue weighted by Crippen LogP contribution is 2.06. The van der Waals surface area contributed by atoms with Gasteiger partial charge in [0.15, 0.2) is 0 Å². The summed E-state index contributed by atoms with van der Waals surface area (Å²) in [7, 11) is 0. The standard InChI is InChI=1S/C15H21FO2/c1-2-3-4-5-15(17)10-11-18-12-13-6-8-14(16)9-7-13/h6-11,15,17H,2-5,12H2,1H3/b11-10+. The summed E-state index contributed by atoms with van der Waals surface area (Å²) in [5.74, 6) is -0.249. The van der Waals surface area contributed by atoms with Crippen molar-refractivity contribution in [1.29, 1.82) is 0 Å². The Labute approximate surface area is 108 Å². The van der Waals surface area contributed by atoms with E-state index in [1.807, 2.05) is 0 Å². The lowest BCUT2D eigenvalue weighted by molar-refractivity contribution is 0.192. The van der Waals surface area contributed by atoms with Crippen LogP contribution in [0.25, 0.3) is 0 Å². The van der Waals surface area contributed by atoms with Crippen molar-refractivity contribution in [3.05, 3.63) is 48.0 Å². The van der Waals surface area contributed by atoms with E-state index < -0.39 is 6.10 Å². The molecule has 0 aliphatic heterocycles. The molecule has 0 bridgehead atoms. The molecule has 0 amide bonds. The summed E-state index contributed by atoms with van der Waals surface area (Å²) < 4.78 is 17.9. The second kappa shape index (κ2) is 8.70. The number of hydrogen-bond donors (Lipinski definition) is 1. The van der Waals surface area contributed by atoms with E-state index in [0.717, 1.165) is 31.2 Å². The van der Waals surface area contributed by atoms with Gasteiger partial charge in [-0.3, -0.25) is 0 Å². The fourth-order valence-electron chi connectivity index (χ4n) is 1.57. The number of ether oxygens (including phenoxy) is 1. The van der Waals surface area contributed by atoms with Gasteiger partial charge in [0.05, 0.1) is 12.4 Å². The molecule has 0 heterocycles. The molecule has 100 valence electrons. The summed E-state index contributed by atoms with van der Waals surface area (Å²) in [6.45, 7) is 2.52. The Morgan fingerprint density at radius 2 is 2.00 bits per heavy atom.